The quantitative estimate of drug-likeness (QED) is 0.865. The van der Waals surface area contributed by atoms with Crippen LogP contribution in [0.1, 0.15) is 29.2 Å². The fraction of sp³-hybridized carbons (Fsp3) is 0.250. The Labute approximate surface area is 121 Å². The van der Waals surface area contributed by atoms with Crippen LogP contribution in [-0.4, -0.2) is 5.11 Å². The molecule has 0 bridgehead atoms. The standard InChI is InChI=1S/C16H16BrFO/c1-10-7-8-12(9-11(10)2)16(3,19)13-5-4-6-14(17)15(13)18/h4-9,19H,1-3H3. The number of aryl methyl sites for hydroxylation is 2. The van der Waals surface area contributed by atoms with Crippen LogP contribution in [0.3, 0.4) is 0 Å². The SMILES string of the molecule is Cc1ccc(C(C)(O)c2cccc(Br)c2F)cc1C. The van der Waals surface area contributed by atoms with Crippen molar-refractivity contribution in [2.45, 2.75) is 26.4 Å². The van der Waals surface area contributed by atoms with Gasteiger partial charge in [-0.05, 0) is 59.5 Å². The van der Waals surface area contributed by atoms with Crippen LogP contribution in [0.2, 0.25) is 0 Å². The lowest BCUT2D eigenvalue weighted by Crippen LogP contribution is -2.24. The summed E-state index contributed by atoms with van der Waals surface area (Å²) in [6.45, 7) is 5.60. The first-order valence-electron chi connectivity index (χ1n) is 6.08. The number of aliphatic hydroxyl groups is 1. The molecule has 19 heavy (non-hydrogen) atoms. The van der Waals surface area contributed by atoms with Gasteiger partial charge in [0, 0.05) is 5.56 Å². The maximum atomic E-state index is 14.2. The topological polar surface area (TPSA) is 20.2 Å². The summed E-state index contributed by atoms with van der Waals surface area (Å²) in [7, 11) is 0. The first kappa shape index (κ1) is 14.2. The molecule has 0 aliphatic heterocycles. The van der Waals surface area contributed by atoms with Gasteiger partial charge >= 0.3 is 0 Å². The first-order valence-corrected chi connectivity index (χ1v) is 6.88. The summed E-state index contributed by atoms with van der Waals surface area (Å²) in [4.78, 5) is 0. The summed E-state index contributed by atoms with van der Waals surface area (Å²) in [5.74, 6) is -0.425. The molecule has 1 nitrogen and oxygen atoms in total. The summed E-state index contributed by atoms with van der Waals surface area (Å²) in [5, 5.41) is 10.7. The highest BCUT2D eigenvalue weighted by Gasteiger charge is 2.29. The zero-order valence-electron chi connectivity index (χ0n) is 11.2. The summed E-state index contributed by atoms with van der Waals surface area (Å²) < 4.78 is 14.5. The molecule has 3 heteroatoms. The molecule has 0 aliphatic carbocycles. The van der Waals surface area contributed by atoms with Crippen LogP contribution in [0, 0.1) is 19.7 Å². The van der Waals surface area contributed by atoms with Gasteiger partial charge in [0.2, 0.25) is 0 Å². The molecule has 0 spiro atoms. The molecular formula is C16H16BrFO. The number of halogens is 2. The molecule has 0 aliphatic rings. The highest BCUT2D eigenvalue weighted by molar-refractivity contribution is 9.10. The van der Waals surface area contributed by atoms with Crippen LogP contribution in [0.25, 0.3) is 0 Å². The minimum atomic E-state index is -1.35. The van der Waals surface area contributed by atoms with E-state index in [0.29, 0.717) is 10.0 Å². The molecule has 0 aromatic heterocycles. The molecule has 0 saturated carbocycles. The third-order valence-electron chi connectivity index (χ3n) is 3.55. The van der Waals surface area contributed by atoms with E-state index in [1.807, 2.05) is 32.0 Å². The summed E-state index contributed by atoms with van der Waals surface area (Å²) in [5.41, 5.74) is 1.83. The van der Waals surface area contributed by atoms with Crippen LogP contribution in [-0.2, 0) is 5.60 Å². The van der Waals surface area contributed by atoms with E-state index in [1.54, 1.807) is 25.1 Å². The van der Waals surface area contributed by atoms with Crippen LogP contribution < -0.4 is 0 Å². The molecule has 0 saturated heterocycles. The van der Waals surface area contributed by atoms with E-state index >= 15 is 0 Å². The predicted octanol–water partition coefficient (Wildman–Crippen LogP) is 4.46. The number of rotatable bonds is 2. The predicted molar refractivity (Wildman–Crippen MR) is 78.7 cm³/mol. The maximum absolute atomic E-state index is 14.2. The van der Waals surface area contributed by atoms with Gasteiger partial charge in [0.05, 0.1) is 4.47 Å². The molecular weight excluding hydrogens is 307 g/mol. The van der Waals surface area contributed by atoms with E-state index in [9.17, 15) is 9.50 Å². The lowest BCUT2D eigenvalue weighted by molar-refractivity contribution is 0.0977. The van der Waals surface area contributed by atoms with Gasteiger partial charge in [-0.15, -0.1) is 0 Å². The smallest absolute Gasteiger partial charge is 0.143 e. The minimum absolute atomic E-state index is 0.269. The molecule has 1 N–H and O–H groups in total. The highest BCUT2D eigenvalue weighted by Crippen LogP contribution is 2.34. The fourth-order valence-corrected chi connectivity index (χ4v) is 2.45. The third-order valence-corrected chi connectivity index (χ3v) is 4.16. The average Bonchev–Trinajstić information content (AvgIpc) is 2.35. The summed E-state index contributed by atoms with van der Waals surface area (Å²) in [6.07, 6.45) is 0. The van der Waals surface area contributed by atoms with Gasteiger partial charge in [0.25, 0.3) is 0 Å². The van der Waals surface area contributed by atoms with E-state index in [0.717, 1.165) is 11.1 Å². The molecule has 100 valence electrons. The van der Waals surface area contributed by atoms with E-state index in [4.69, 9.17) is 0 Å². The van der Waals surface area contributed by atoms with E-state index in [1.165, 1.54) is 0 Å². The Morgan fingerprint density at radius 2 is 1.79 bits per heavy atom. The highest BCUT2D eigenvalue weighted by atomic mass is 79.9. The van der Waals surface area contributed by atoms with Crippen molar-refractivity contribution >= 4 is 15.9 Å². The fourth-order valence-electron chi connectivity index (χ4n) is 2.08. The number of hydrogen-bond acceptors (Lipinski definition) is 1. The Balaban J connectivity index is 2.58. The van der Waals surface area contributed by atoms with Crippen molar-refractivity contribution in [3.05, 3.63) is 68.9 Å². The Morgan fingerprint density at radius 1 is 1.11 bits per heavy atom. The molecule has 2 aromatic rings. The lowest BCUT2D eigenvalue weighted by Gasteiger charge is -2.26. The van der Waals surface area contributed by atoms with Gasteiger partial charge in [-0.1, -0.05) is 30.3 Å². The lowest BCUT2D eigenvalue weighted by atomic mass is 9.86. The van der Waals surface area contributed by atoms with Crippen molar-refractivity contribution in [2.75, 3.05) is 0 Å². The van der Waals surface area contributed by atoms with E-state index < -0.39 is 11.4 Å². The summed E-state index contributed by atoms with van der Waals surface area (Å²) in [6, 6.07) is 10.6. The second-order valence-electron chi connectivity index (χ2n) is 4.97. The largest absolute Gasteiger partial charge is 0.381 e. The second kappa shape index (κ2) is 5.06. The zero-order valence-corrected chi connectivity index (χ0v) is 12.8. The molecule has 2 rings (SSSR count). The van der Waals surface area contributed by atoms with Gasteiger partial charge in [-0.2, -0.15) is 0 Å². The van der Waals surface area contributed by atoms with Crippen LogP contribution >= 0.6 is 15.9 Å². The van der Waals surface area contributed by atoms with Gasteiger partial charge in [-0.3, -0.25) is 0 Å². The Kier molecular flexibility index (Phi) is 3.79. The van der Waals surface area contributed by atoms with Gasteiger partial charge < -0.3 is 5.11 Å². The Bertz CT molecular complexity index is 620. The molecule has 0 radical (unpaired) electrons. The van der Waals surface area contributed by atoms with Crippen molar-refractivity contribution < 1.29 is 9.50 Å². The van der Waals surface area contributed by atoms with Crippen molar-refractivity contribution in [1.29, 1.82) is 0 Å². The zero-order chi connectivity index (χ0) is 14.2. The van der Waals surface area contributed by atoms with Gasteiger partial charge in [0.1, 0.15) is 11.4 Å². The maximum Gasteiger partial charge on any atom is 0.143 e. The molecule has 0 heterocycles. The molecule has 1 unspecified atom stereocenters. The summed E-state index contributed by atoms with van der Waals surface area (Å²) >= 11 is 3.15. The molecule has 0 fully saturated rings. The average molecular weight is 323 g/mol. The Morgan fingerprint density at radius 3 is 2.42 bits per heavy atom. The van der Waals surface area contributed by atoms with Crippen molar-refractivity contribution in [3.63, 3.8) is 0 Å². The van der Waals surface area contributed by atoms with Crippen molar-refractivity contribution in [1.82, 2.24) is 0 Å². The third kappa shape index (κ3) is 2.58. The molecule has 0 amide bonds. The van der Waals surface area contributed by atoms with Crippen molar-refractivity contribution in [2.24, 2.45) is 0 Å². The van der Waals surface area contributed by atoms with Gasteiger partial charge in [0.15, 0.2) is 0 Å². The van der Waals surface area contributed by atoms with Gasteiger partial charge in [-0.25, -0.2) is 4.39 Å². The number of benzene rings is 2. The van der Waals surface area contributed by atoms with Crippen LogP contribution in [0.4, 0.5) is 4.39 Å². The first-order chi connectivity index (χ1) is 8.84. The van der Waals surface area contributed by atoms with Crippen LogP contribution in [0.15, 0.2) is 40.9 Å². The normalized spacial score (nSPS) is 14.2. The second-order valence-corrected chi connectivity index (χ2v) is 5.83. The monoisotopic (exact) mass is 322 g/mol. The number of hydrogen-bond donors (Lipinski definition) is 1. The van der Waals surface area contributed by atoms with E-state index in [-0.39, 0.29) is 5.56 Å². The molecule has 1 atom stereocenters. The molecule has 2 aromatic carbocycles. The Hall–Kier alpha value is -1.19. The van der Waals surface area contributed by atoms with Crippen molar-refractivity contribution in [3.8, 4) is 0 Å². The minimum Gasteiger partial charge on any atom is -0.381 e. The van der Waals surface area contributed by atoms with E-state index in [2.05, 4.69) is 15.9 Å². The van der Waals surface area contributed by atoms with Crippen LogP contribution in [0.5, 0.6) is 0 Å².